The van der Waals surface area contributed by atoms with Crippen molar-refractivity contribution >= 4 is 0 Å². The van der Waals surface area contributed by atoms with Crippen LogP contribution in [0, 0.1) is 0 Å². The highest BCUT2D eigenvalue weighted by molar-refractivity contribution is 4.47. The summed E-state index contributed by atoms with van der Waals surface area (Å²) in [5.74, 6) is 0. The lowest BCUT2D eigenvalue weighted by molar-refractivity contribution is 0.314. The van der Waals surface area contributed by atoms with Gasteiger partial charge in [-0.3, -0.25) is 0 Å². The van der Waals surface area contributed by atoms with Crippen LogP contribution in [-0.4, -0.2) is 6.30 Å². The van der Waals surface area contributed by atoms with E-state index in [0.717, 1.165) is 12.8 Å². The third kappa shape index (κ3) is 16.5. The molecule has 0 amide bonds. The zero-order chi connectivity index (χ0) is 9.82. The van der Waals surface area contributed by atoms with Crippen LogP contribution in [0.25, 0.3) is 0 Å². The zero-order valence-corrected chi connectivity index (χ0v) is 8.78. The van der Waals surface area contributed by atoms with Crippen LogP contribution < -0.4 is 5.73 Å². The van der Waals surface area contributed by atoms with Crippen LogP contribution in [0.2, 0.25) is 0 Å². The van der Waals surface area contributed by atoms with Gasteiger partial charge < -0.3 is 5.73 Å². The molecule has 1 unspecified atom stereocenters. The molecule has 0 aliphatic heterocycles. The molecule has 0 heterocycles. The fraction of sp³-hybridized carbons (Fsp3) is 1.00. The van der Waals surface area contributed by atoms with Gasteiger partial charge in [-0.25, -0.2) is 4.39 Å². The molecule has 12 heavy (non-hydrogen) atoms. The highest BCUT2D eigenvalue weighted by Gasteiger charge is 1.96. The summed E-state index contributed by atoms with van der Waals surface area (Å²) in [5.41, 5.74) is 4.94. The lowest BCUT2D eigenvalue weighted by Crippen LogP contribution is -2.11. The Kier molecular flexibility index (Phi) is 16.2. The van der Waals surface area contributed by atoms with Crippen LogP contribution in [0.3, 0.4) is 0 Å². The molecule has 2 heteroatoms. The van der Waals surface area contributed by atoms with E-state index < -0.39 is 6.30 Å². The van der Waals surface area contributed by atoms with E-state index in [1.807, 2.05) is 13.8 Å². The van der Waals surface area contributed by atoms with Crippen molar-refractivity contribution in [1.29, 1.82) is 0 Å². The molecule has 1 atom stereocenters. The van der Waals surface area contributed by atoms with Gasteiger partial charge in [-0.2, -0.15) is 0 Å². The SMILES string of the molecule is CC.CCCCCCCC(N)F. The Hall–Kier alpha value is -0.110. The molecule has 0 bridgehead atoms. The summed E-state index contributed by atoms with van der Waals surface area (Å²) in [7, 11) is 0. The minimum absolute atomic E-state index is 0.531. The molecule has 0 fully saturated rings. The molecule has 0 aliphatic rings. The molecule has 0 spiro atoms. The molecular weight excluding hydrogens is 153 g/mol. The Morgan fingerprint density at radius 1 is 1.08 bits per heavy atom. The van der Waals surface area contributed by atoms with Crippen molar-refractivity contribution in [2.75, 3.05) is 0 Å². The topological polar surface area (TPSA) is 26.0 Å². The first-order valence-corrected chi connectivity index (χ1v) is 5.17. The Morgan fingerprint density at radius 2 is 1.58 bits per heavy atom. The summed E-state index contributed by atoms with van der Waals surface area (Å²) >= 11 is 0. The number of alkyl halides is 1. The van der Waals surface area contributed by atoms with E-state index >= 15 is 0 Å². The standard InChI is InChI=1S/C8H18FN.C2H6/c1-2-3-4-5-6-7-8(9)10;1-2/h8H,2-7,10H2,1H3;1-2H3. The van der Waals surface area contributed by atoms with Crippen molar-refractivity contribution in [2.45, 2.75) is 65.6 Å². The fourth-order valence-electron chi connectivity index (χ4n) is 0.943. The van der Waals surface area contributed by atoms with Crippen molar-refractivity contribution in [3.05, 3.63) is 0 Å². The number of unbranched alkanes of at least 4 members (excludes halogenated alkanes) is 4. The number of nitrogens with two attached hydrogens (primary N) is 1. The van der Waals surface area contributed by atoms with Crippen LogP contribution in [-0.2, 0) is 0 Å². The van der Waals surface area contributed by atoms with E-state index in [1.165, 1.54) is 19.3 Å². The first-order chi connectivity index (χ1) is 5.77. The van der Waals surface area contributed by atoms with E-state index in [4.69, 9.17) is 5.73 Å². The number of halogens is 1. The fourth-order valence-corrected chi connectivity index (χ4v) is 0.943. The molecule has 0 saturated carbocycles. The van der Waals surface area contributed by atoms with Crippen molar-refractivity contribution < 1.29 is 4.39 Å². The summed E-state index contributed by atoms with van der Waals surface area (Å²) in [4.78, 5) is 0. The number of hydrogen-bond acceptors (Lipinski definition) is 1. The third-order valence-corrected chi connectivity index (χ3v) is 1.58. The maximum absolute atomic E-state index is 12.0. The Bertz CT molecular complexity index is 64.9. The summed E-state index contributed by atoms with van der Waals surface area (Å²) in [6.07, 6.45) is 5.24. The number of rotatable bonds is 6. The Balaban J connectivity index is 0. The van der Waals surface area contributed by atoms with Crippen molar-refractivity contribution in [3.63, 3.8) is 0 Å². The van der Waals surface area contributed by atoms with Gasteiger partial charge in [0.05, 0.1) is 0 Å². The minimum Gasteiger partial charge on any atom is -0.302 e. The van der Waals surface area contributed by atoms with Crippen LogP contribution in [0.1, 0.15) is 59.3 Å². The highest BCUT2D eigenvalue weighted by Crippen LogP contribution is 2.06. The summed E-state index contributed by atoms with van der Waals surface area (Å²) < 4.78 is 12.0. The molecular formula is C10H24FN. The molecule has 1 nitrogen and oxygen atoms in total. The summed E-state index contributed by atoms with van der Waals surface area (Å²) in [6, 6.07) is 0. The highest BCUT2D eigenvalue weighted by atomic mass is 19.1. The van der Waals surface area contributed by atoms with Crippen LogP contribution >= 0.6 is 0 Å². The van der Waals surface area contributed by atoms with Gasteiger partial charge in [-0.05, 0) is 12.8 Å². The largest absolute Gasteiger partial charge is 0.302 e. The zero-order valence-electron chi connectivity index (χ0n) is 8.78. The van der Waals surface area contributed by atoms with Crippen LogP contribution in [0.5, 0.6) is 0 Å². The van der Waals surface area contributed by atoms with Crippen molar-refractivity contribution in [3.8, 4) is 0 Å². The van der Waals surface area contributed by atoms with E-state index in [-0.39, 0.29) is 0 Å². The summed E-state index contributed by atoms with van der Waals surface area (Å²) in [5, 5.41) is 0. The molecule has 0 rings (SSSR count). The van der Waals surface area contributed by atoms with Gasteiger partial charge in [0.2, 0.25) is 0 Å². The van der Waals surface area contributed by atoms with Gasteiger partial charge in [0, 0.05) is 0 Å². The second-order valence-electron chi connectivity index (χ2n) is 2.72. The molecule has 0 aliphatic carbocycles. The Labute approximate surface area is 76.5 Å². The number of hydrogen-bond donors (Lipinski definition) is 1. The predicted octanol–water partition coefficient (Wildman–Crippen LogP) is 3.63. The predicted molar refractivity (Wildman–Crippen MR) is 53.8 cm³/mol. The average molecular weight is 177 g/mol. The quantitative estimate of drug-likeness (QED) is 0.486. The second kappa shape index (κ2) is 13.5. The van der Waals surface area contributed by atoms with E-state index in [1.54, 1.807) is 0 Å². The third-order valence-electron chi connectivity index (χ3n) is 1.58. The molecule has 76 valence electrons. The molecule has 0 aromatic heterocycles. The normalized spacial score (nSPS) is 11.8. The van der Waals surface area contributed by atoms with E-state index in [9.17, 15) is 4.39 Å². The lowest BCUT2D eigenvalue weighted by Gasteiger charge is -2.00. The first kappa shape index (κ1) is 14.4. The van der Waals surface area contributed by atoms with Gasteiger partial charge in [0.15, 0.2) is 0 Å². The summed E-state index contributed by atoms with van der Waals surface area (Å²) in [6.45, 7) is 6.17. The maximum Gasteiger partial charge on any atom is 0.148 e. The lowest BCUT2D eigenvalue weighted by atomic mass is 10.1. The van der Waals surface area contributed by atoms with Gasteiger partial charge in [0.1, 0.15) is 6.30 Å². The van der Waals surface area contributed by atoms with E-state index in [0.29, 0.717) is 6.42 Å². The average Bonchev–Trinajstić information content (AvgIpc) is 2.07. The first-order valence-electron chi connectivity index (χ1n) is 5.17. The van der Waals surface area contributed by atoms with Gasteiger partial charge >= 0.3 is 0 Å². The monoisotopic (exact) mass is 177 g/mol. The maximum atomic E-state index is 12.0. The molecule has 0 radical (unpaired) electrons. The van der Waals surface area contributed by atoms with Crippen LogP contribution in [0.15, 0.2) is 0 Å². The van der Waals surface area contributed by atoms with Gasteiger partial charge in [-0.15, -0.1) is 0 Å². The Morgan fingerprint density at radius 3 is 2.00 bits per heavy atom. The molecule has 0 saturated heterocycles. The van der Waals surface area contributed by atoms with E-state index in [2.05, 4.69) is 6.92 Å². The smallest absolute Gasteiger partial charge is 0.148 e. The van der Waals surface area contributed by atoms with Crippen molar-refractivity contribution in [1.82, 2.24) is 0 Å². The molecule has 0 aromatic rings. The van der Waals surface area contributed by atoms with Crippen molar-refractivity contribution in [2.24, 2.45) is 5.73 Å². The second-order valence-corrected chi connectivity index (χ2v) is 2.72. The van der Waals surface area contributed by atoms with Gasteiger partial charge in [-0.1, -0.05) is 46.5 Å². The van der Waals surface area contributed by atoms with Crippen LogP contribution in [0.4, 0.5) is 4.39 Å². The van der Waals surface area contributed by atoms with Gasteiger partial charge in [0.25, 0.3) is 0 Å². The molecule has 0 aromatic carbocycles. The minimum atomic E-state index is -1.10. The molecule has 2 N–H and O–H groups in total.